The number of carboxylic acid groups (broad SMARTS) is 1. The predicted molar refractivity (Wildman–Crippen MR) is 139 cm³/mol. The van der Waals surface area contributed by atoms with Crippen LogP contribution in [0.5, 0.6) is 17.2 Å². The van der Waals surface area contributed by atoms with Crippen molar-refractivity contribution in [3.05, 3.63) is 87.5 Å². The van der Waals surface area contributed by atoms with Gasteiger partial charge in [-0.1, -0.05) is 50.5 Å². The van der Waals surface area contributed by atoms with E-state index in [1.165, 1.54) is 12.5 Å². The number of hydrogen-bond donors (Lipinski definition) is 2. The molecule has 0 radical (unpaired) electrons. The van der Waals surface area contributed by atoms with E-state index in [1.54, 1.807) is 19.1 Å². The summed E-state index contributed by atoms with van der Waals surface area (Å²) in [6.45, 7) is 3.98. The summed E-state index contributed by atoms with van der Waals surface area (Å²) in [5, 5.41) is 23.4. The van der Waals surface area contributed by atoms with E-state index in [9.17, 15) is 14.9 Å². The fraction of sp³-hybridized carbons (Fsp3) is 0.321. The molecule has 0 aliphatic heterocycles. The molecule has 0 fully saturated rings. The Balaban J connectivity index is 1.64. The Labute approximate surface area is 211 Å². The highest BCUT2D eigenvalue weighted by molar-refractivity contribution is 5.68. The number of anilines is 1. The number of nitrogens with one attached hydrogen (secondary N) is 1. The van der Waals surface area contributed by atoms with E-state index in [-0.39, 0.29) is 10.6 Å². The van der Waals surface area contributed by atoms with Crippen molar-refractivity contribution in [2.75, 3.05) is 11.9 Å². The van der Waals surface area contributed by atoms with Gasteiger partial charge in [-0.25, -0.2) is 4.79 Å². The molecule has 0 spiro atoms. The first-order valence-electron chi connectivity index (χ1n) is 12.1. The summed E-state index contributed by atoms with van der Waals surface area (Å²) < 4.78 is 11.5. The number of carbonyl (C=O) groups is 1. The molecule has 0 heterocycles. The monoisotopic (exact) mass is 492 g/mol. The maximum Gasteiger partial charge on any atom is 0.341 e. The molecule has 0 amide bonds. The number of ether oxygens (including phenoxy) is 2. The normalized spacial score (nSPS) is 10.6. The molecule has 3 aromatic carbocycles. The smallest absolute Gasteiger partial charge is 0.341 e. The van der Waals surface area contributed by atoms with Crippen molar-refractivity contribution in [2.24, 2.45) is 0 Å². The van der Waals surface area contributed by atoms with Gasteiger partial charge in [-0.15, -0.1) is 0 Å². The first-order valence-corrected chi connectivity index (χ1v) is 12.1. The van der Waals surface area contributed by atoms with Gasteiger partial charge in [0, 0.05) is 29.9 Å². The van der Waals surface area contributed by atoms with Crippen LogP contribution in [0.15, 0.2) is 60.7 Å². The number of hydrogen-bond acceptors (Lipinski definition) is 6. The van der Waals surface area contributed by atoms with Gasteiger partial charge in [0.05, 0.1) is 4.92 Å². The van der Waals surface area contributed by atoms with E-state index in [0.29, 0.717) is 35.0 Å². The van der Waals surface area contributed by atoms with Crippen molar-refractivity contribution in [1.82, 2.24) is 0 Å². The van der Waals surface area contributed by atoms with E-state index in [4.69, 9.17) is 14.6 Å². The van der Waals surface area contributed by atoms with Crippen LogP contribution in [-0.4, -0.2) is 22.6 Å². The molecule has 0 atom stereocenters. The zero-order chi connectivity index (χ0) is 25.9. The number of aryl methyl sites for hydroxylation is 1. The molecule has 2 N–H and O–H groups in total. The molecule has 36 heavy (non-hydrogen) atoms. The van der Waals surface area contributed by atoms with E-state index in [0.717, 1.165) is 36.8 Å². The minimum atomic E-state index is -1.03. The predicted octanol–water partition coefficient (Wildman–Crippen LogP) is 6.89. The zero-order valence-electron chi connectivity index (χ0n) is 20.7. The lowest BCUT2D eigenvalue weighted by Crippen LogP contribution is -2.10. The van der Waals surface area contributed by atoms with Crippen molar-refractivity contribution in [1.29, 1.82) is 0 Å². The average molecular weight is 493 g/mol. The highest BCUT2D eigenvalue weighted by Crippen LogP contribution is 2.30. The zero-order valence-corrected chi connectivity index (χ0v) is 20.7. The van der Waals surface area contributed by atoms with Crippen molar-refractivity contribution in [2.45, 2.75) is 52.5 Å². The van der Waals surface area contributed by atoms with Crippen molar-refractivity contribution >= 4 is 17.3 Å². The van der Waals surface area contributed by atoms with Gasteiger partial charge in [-0.2, -0.15) is 0 Å². The summed E-state index contributed by atoms with van der Waals surface area (Å²) in [6, 6.07) is 18.0. The number of aliphatic carboxylic acids is 1. The summed E-state index contributed by atoms with van der Waals surface area (Å²) in [6.07, 6.45) is 5.28. The quantitative estimate of drug-likeness (QED) is 0.143. The van der Waals surface area contributed by atoms with Crippen molar-refractivity contribution < 1.29 is 24.3 Å². The van der Waals surface area contributed by atoms with Crippen molar-refractivity contribution in [3.63, 3.8) is 0 Å². The number of nitro benzene ring substituents is 1. The van der Waals surface area contributed by atoms with Gasteiger partial charge < -0.3 is 19.9 Å². The van der Waals surface area contributed by atoms with Crippen molar-refractivity contribution in [3.8, 4) is 17.2 Å². The van der Waals surface area contributed by atoms with Crippen LogP contribution in [0, 0.1) is 17.0 Å². The number of nitro groups is 1. The van der Waals surface area contributed by atoms with Crippen LogP contribution >= 0.6 is 0 Å². The molecule has 0 aliphatic carbocycles. The summed E-state index contributed by atoms with van der Waals surface area (Å²) in [7, 11) is 0. The molecule has 3 rings (SSSR count). The van der Waals surface area contributed by atoms with Crippen LogP contribution < -0.4 is 14.8 Å². The Bertz CT molecular complexity index is 1180. The lowest BCUT2D eigenvalue weighted by molar-refractivity contribution is -0.385. The van der Waals surface area contributed by atoms with Gasteiger partial charge in [0.25, 0.3) is 5.69 Å². The van der Waals surface area contributed by atoms with Crippen LogP contribution in [0.3, 0.4) is 0 Å². The second-order valence-electron chi connectivity index (χ2n) is 8.57. The molecule has 0 aliphatic rings. The second kappa shape index (κ2) is 13.1. The second-order valence-corrected chi connectivity index (χ2v) is 8.57. The lowest BCUT2D eigenvalue weighted by atomic mass is 10.1. The van der Waals surface area contributed by atoms with E-state index in [2.05, 4.69) is 12.2 Å². The highest BCUT2D eigenvalue weighted by Gasteiger charge is 2.13. The molecular formula is C28H32N2O6. The Kier molecular flexibility index (Phi) is 9.68. The minimum Gasteiger partial charge on any atom is -0.481 e. The first-order chi connectivity index (χ1) is 17.4. The SMILES string of the molecule is CCCCCCc1ccc(Oc2ccc(CNc3cccc([N+](=O)[O-])c3C)cc2)cc1OCC(=O)O. The summed E-state index contributed by atoms with van der Waals surface area (Å²) in [5.74, 6) is 0.693. The first kappa shape index (κ1) is 26.5. The third-order valence-electron chi connectivity index (χ3n) is 5.83. The average Bonchev–Trinajstić information content (AvgIpc) is 2.86. The van der Waals surface area contributed by atoms with Crippen LogP contribution in [-0.2, 0) is 17.8 Å². The molecule has 0 saturated heterocycles. The molecule has 0 bridgehead atoms. The molecular weight excluding hydrogens is 460 g/mol. The van der Waals surface area contributed by atoms with Crippen LogP contribution in [0.25, 0.3) is 0 Å². The maximum atomic E-state index is 11.1. The Morgan fingerprint density at radius 1 is 1.03 bits per heavy atom. The number of nitrogens with zero attached hydrogens (tertiary/aromatic N) is 1. The lowest BCUT2D eigenvalue weighted by Gasteiger charge is -2.14. The molecule has 8 heteroatoms. The fourth-order valence-corrected chi connectivity index (χ4v) is 3.84. The third kappa shape index (κ3) is 7.73. The summed E-state index contributed by atoms with van der Waals surface area (Å²) >= 11 is 0. The highest BCUT2D eigenvalue weighted by atomic mass is 16.6. The number of unbranched alkanes of at least 4 members (excludes halogenated alkanes) is 3. The molecule has 190 valence electrons. The Morgan fingerprint density at radius 3 is 2.47 bits per heavy atom. The number of carboxylic acids is 1. The van der Waals surface area contributed by atoms with Gasteiger partial charge in [0.2, 0.25) is 0 Å². The standard InChI is InChI=1S/C28H32N2O6/c1-3-4-5-6-8-22-13-16-24(17-27(22)35-19-28(31)32)36-23-14-11-21(12-15-23)18-29-25-9-7-10-26(20(25)2)30(33)34/h7,9-17,29H,3-6,8,18-19H2,1-2H3,(H,31,32). The fourth-order valence-electron chi connectivity index (χ4n) is 3.84. The van der Waals surface area contributed by atoms with Crippen LogP contribution in [0.1, 0.15) is 49.3 Å². The van der Waals surface area contributed by atoms with Gasteiger partial charge in [-0.05, 0) is 55.2 Å². The molecule has 8 nitrogen and oxygen atoms in total. The van der Waals surface area contributed by atoms with E-state index >= 15 is 0 Å². The number of rotatable bonds is 14. The minimum absolute atomic E-state index is 0.0856. The molecule has 0 unspecified atom stereocenters. The summed E-state index contributed by atoms with van der Waals surface area (Å²) in [5.41, 5.74) is 3.35. The van der Waals surface area contributed by atoms with Gasteiger partial charge in [0.1, 0.15) is 17.2 Å². The van der Waals surface area contributed by atoms with Crippen LogP contribution in [0.4, 0.5) is 11.4 Å². The largest absolute Gasteiger partial charge is 0.481 e. The molecule has 0 saturated carbocycles. The number of benzene rings is 3. The van der Waals surface area contributed by atoms with Gasteiger partial charge >= 0.3 is 5.97 Å². The van der Waals surface area contributed by atoms with E-state index in [1.807, 2.05) is 42.5 Å². The maximum absolute atomic E-state index is 11.1. The molecule has 3 aromatic rings. The topological polar surface area (TPSA) is 111 Å². The van der Waals surface area contributed by atoms with Gasteiger partial charge in [-0.3, -0.25) is 10.1 Å². The van der Waals surface area contributed by atoms with E-state index < -0.39 is 12.6 Å². The third-order valence-corrected chi connectivity index (χ3v) is 5.83. The Hall–Kier alpha value is -4.07. The van der Waals surface area contributed by atoms with Crippen LogP contribution in [0.2, 0.25) is 0 Å². The Morgan fingerprint density at radius 2 is 1.78 bits per heavy atom. The molecule has 0 aromatic heterocycles. The summed E-state index contributed by atoms with van der Waals surface area (Å²) in [4.78, 5) is 21.8. The van der Waals surface area contributed by atoms with Gasteiger partial charge in [0.15, 0.2) is 6.61 Å².